The van der Waals surface area contributed by atoms with Crippen molar-refractivity contribution in [2.45, 2.75) is 148 Å². The van der Waals surface area contributed by atoms with Crippen molar-refractivity contribution in [1.82, 2.24) is 57.5 Å². The Labute approximate surface area is 525 Å². The number of aliphatic carboxylic acids is 2. The van der Waals surface area contributed by atoms with Gasteiger partial charge in [0.1, 0.15) is 48.3 Å². The molecule has 0 saturated carbocycles. The fourth-order valence-electron chi connectivity index (χ4n) is 10.9. The van der Waals surface area contributed by atoms with Crippen LogP contribution in [-0.4, -0.2) is 133 Å². The number of para-hydroxylation sites is 3. The molecule has 8 amide bonds. The van der Waals surface area contributed by atoms with E-state index in [1.165, 1.54) is 6.92 Å². The largest absolute Gasteiger partial charge is 0.481 e. The van der Waals surface area contributed by atoms with Gasteiger partial charge in [0.15, 0.2) is 0 Å². The first-order chi connectivity index (χ1) is 42.9. The zero-order valence-electron chi connectivity index (χ0n) is 51.3. The van der Waals surface area contributed by atoms with E-state index in [4.69, 9.17) is 11.6 Å². The van der Waals surface area contributed by atoms with Gasteiger partial charge in [0.2, 0.25) is 47.3 Å². The third-order valence-corrected chi connectivity index (χ3v) is 16.6. The number of aromatic nitrogens is 3. The third kappa shape index (κ3) is 18.1. The molecule has 0 bridgehead atoms. The maximum atomic E-state index is 15.0. The molecule has 7 aromatic rings. The van der Waals surface area contributed by atoms with Gasteiger partial charge in [-0.3, -0.25) is 43.2 Å². The van der Waals surface area contributed by atoms with Crippen LogP contribution >= 0.6 is 11.6 Å². The second-order valence-electron chi connectivity index (χ2n) is 23.4. The zero-order valence-corrected chi connectivity index (χ0v) is 52.1. The molecular formula is C66H80ClN11O12. The van der Waals surface area contributed by atoms with E-state index in [1.807, 2.05) is 60.7 Å². The van der Waals surface area contributed by atoms with Gasteiger partial charge in [0.25, 0.3) is 0 Å². The van der Waals surface area contributed by atoms with Crippen LogP contribution in [0, 0.1) is 17.8 Å². The molecule has 90 heavy (non-hydrogen) atoms. The van der Waals surface area contributed by atoms with Gasteiger partial charge < -0.3 is 67.7 Å². The molecule has 3 aromatic heterocycles. The van der Waals surface area contributed by atoms with E-state index in [0.717, 1.165) is 32.7 Å². The second kappa shape index (κ2) is 31.6. The highest BCUT2D eigenvalue weighted by molar-refractivity contribution is 6.31. The lowest BCUT2D eigenvalue weighted by atomic mass is 9.94. The highest BCUT2D eigenvalue weighted by Crippen LogP contribution is 2.24. The van der Waals surface area contributed by atoms with Crippen molar-refractivity contribution in [3.05, 3.63) is 143 Å². The van der Waals surface area contributed by atoms with Crippen molar-refractivity contribution >= 4 is 104 Å². The van der Waals surface area contributed by atoms with Crippen molar-refractivity contribution < 1.29 is 58.2 Å². The molecule has 0 spiro atoms. The smallest absolute Gasteiger partial charge is 0.326 e. The van der Waals surface area contributed by atoms with E-state index >= 15 is 9.59 Å². The molecule has 4 aromatic carbocycles. The van der Waals surface area contributed by atoms with Gasteiger partial charge in [-0.15, -0.1) is 0 Å². The minimum absolute atomic E-state index is 0.0362. The summed E-state index contributed by atoms with van der Waals surface area (Å²) in [5.74, 6) is -10.9. The molecule has 10 atom stereocenters. The Hall–Kier alpha value is -9.51. The van der Waals surface area contributed by atoms with E-state index in [9.17, 15) is 48.6 Å². The number of fused-ring (bicyclic) bond motifs is 3. The lowest BCUT2D eigenvalue weighted by Crippen LogP contribution is -2.62. The number of hydrogen-bond acceptors (Lipinski definition) is 10. The number of amides is 8. The lowest BCUT2D eigenvalue weighted by Gasteiger charge is -2.31. The van der Waals surface area contributed by atoms with Gasteiger partial charge in [-0.2, -0.15) is 0 Å². The number of aromatic amines is 3. The van der Waals surface area contributed by atoms with E-state index in [2.05, 4.69) is 57.5 Å². The number of rotatable bonds is 32. The highest BCUT2D eigenvalue weighted by Gasteiger charge is 2.38. The number of H-pyrrole nitrogens is 3. The molecule has 23 nitrogen and oxygen atoms in total. The number of halogens is 1. The van der Waals surface area contributed by atoms with Gasteiger partial charge >= 0.3 is 11.9 Å². The Morgan fingerprint density at radius 3 is 1.19 bits per heavy atom. The number of nitrogens with one attached hydrogen (secondary N) is 11. The summed E-state index contributed by atoms with van der Waals surface area (Å²) >= 11 is 6.50. The average Bonchev–Trinajstić information content (AvgIpc) is 1.84. The maximum absolute atomic E-state index is 15.0. The monoisotopic (exact) mass is 1250 g/mol. The van der Waals surface area contributed by atoms with Crippen LogP contribution in [0.1, 0.15) is 96.4 Å². The number of carbonyl (C=O) groups is 10. The molecule has 478 valence electrons. The number of carbonyl (C=O) groups excluding carboxylic acids is 8. The molecule has 7 rings (SSSR count). The van der Waals surface area contributed by atoms with E-state index in [-0.39, 0.29) is 38.0 Å². The van der Waals surface area contributed by atoms with Crippen molar-refractivity contribution in [3.8, 4) is 0 Å². The Morgan fingerprint density at radius 2 is 0.767 bits per heavy atom. The molecular weight excluding hydrogens is 1170 g/mol. The van der Waals surface area contributed by atoms with Crippen LogP contribution in [0.5, 0.6) is 0 Å². The predicted octanol–water partition coefficient (Wildman–Crippen LogP) is 5.65. The lowest BCUT2D eigenvalue weighted by molar-refractivity contribution is -0.142. The number of carboxylic acid groups (broad SMARTS) is 2. The summed E-state index contributed by atoms with van der Waals surface area (Å²) in [6.45, 7) is 11.7. The first-order valence-electron chi connectivity index (χ1n) is 30.2. The van der Waals surface area contributed by atoms with Crippen LogP contribution in [0.25, 0.3) is 32.7 Å². The van der Waals surface area contributed by atoms with E-state index < -0.39 is 126 Å². The molecule has 0 unspecified atom stereocenters. The summed E-state index contributed by atoms with van der Waals surface area (Å²) in [7, 11) is 0. The molecule has 0 aliphatic heterocycles. The Bertz CT molecular complexity index is 3730. The van der Waals surface area contributed by atoms with Crippen LogP contribution in [0.15, 0.2) is 116 Å². The van der Waals surface area contributed by atoms with Gasteiger partial charge in [0.05, 0.1) is 6.42 Å². The fourth-order valence-corrected chi connectivity index (χ4v) is 11.1. The Morgan fingerprint density at radius 1 is 0.422 bits per heavy atom. The summed E-state index contributed by atoms with van der Waals surface area (Å²) in [5.41, 5.74) is 4.68. The van der Waals surface area contributed by atoms with Gasteiger partial charge in [-0.05, 0) is 70.7 Å². The molecule has 0 fully saturated rings. The average molecular weight is 1250 g/mol. The molecule has 3 heterocycles. The fraction of sp³-hybridized carbons (Fsp3) is 0.394. The normalized spacial score (nSPS) is 14.8. The minimum atomic E-state index is -1.83. The molecule has 13 N–H and O–H groups in total. The van der Waals surface area contributed by atoms with Gasteiger partial charge in [0, 0.05) is 88.9 Å². The predicted molar refractivity (Wildman–Crippen MR) is 341 cm³/mol. The van der Waals surface area contributed by atoms with Crippen LogP contribution in [0.4, 0.5) is 0 Å². The quantitative estimate of drug-likeness (QED) is 0.0243. The van der Waals surface area contributed by atoms with Crippen LogP contribution < -0.4 is 42.5 Å². The van der Waals surface area contributed by atoms with Gasteiger partial charge in [-0.1, -0.05) is 139 Å². The third-order valence-electron chi connectivity index (χ3n) is 16.2. The first-order valence-corrected chi connectivity index (χ1v) is 30.5. The number of hydrogen-bond donors (Lipinski definition) is 13. The standard InChI is InChI=1S/C66H80ClN11O12/c1-8-36(5)57(64(87)76-55(66(89)90)30-42-34-70-49-25-17-13-21-45(42)49)78-65(88)58(37(6)9-2)77-63(86)54(31-56(80)81)75-59(82)50(26-35(3)4)72-61(84)52(28-40-32-68-47-23-15-11-19-43(40)47)74-62(85)53(29-41-33-69-48-24-16-12-20-44(41)48)73-60(83)51(71-38(7)79)27-39-18-10-14-22-46(39)67/h10-25,32-37,50-55,57-58,68-70H,8-9,26-31H2,1-7H3,(H,71,79)(H,72,84)(H,73,83)(H,74,85)(H,75,82)(H,76,87)(H,77,86)(H,78,88)(H,80,81)(H,89,90)/t36-,37-,50-,51-,52+,53+,54-,55-,57-,58-/m0/s1. The Balaban J connectivity index is 1.13. The maximum Gasteiger partial charge on any atom is 0.326 e. The van der Waals surface area contributed by atoms with Crippen LogP contribution in [-0.2, 0) is 73.6 Å². The molecule has 0 aliphatic rings. The van der Waals surface area contributed by atoms with Crippen LogP contribution in [0.3, 0.4) is 0 Å². The van der Waals surface area contributed by atoms with Crippen LogP contribution in [0.2, 0.25) is 5.02 Å². The summed E-state index contributed by atoms with van der Waals surface area (Å²) < 4.78 is 0. The summed E-state index contributed by atoms with van der Waals surface area (Å²) in [5, 5.41) is 44.5. The SMILES string of the molecule is CC[C@H](C)[C@H](NC(=O)[C@H](CC(=O)O)NC(=O)[C@H](CC(C)C)NC(=O)[C@@H](Cc1c[nH]c2ccccc12)NC(=O)[C@@H](Cc1c[nH]c2ccccc12)NC(=O)[C@H](Cc1ccccc1Cl)NC(C)=O)C(=O)N[C@H](C(=O)N[C@@H](Cc1c[nH]c2ccccc12)C(=O)O)[C@@H](C)CC. The van der Waals surface area contributed by atoms with E-state index in [1.54, 1.807) is 96.5 Å². The van der Waals surface area contributed by atoms with E-state index in [0.29, 0.717) is 40.1 Å². The molecule has 0 radical (unpaired) electrons. The molecule has 0 saturated heterocycles. The van der Waals surface area contributed by atoms with Crippen molar-refractivity contribution in [3.63, 3.8) is 0 Å². The zero-order chi connectivity index (χ0) is 65.3. The highest BCUT2D eigenvalue weighted by atomic mass is 35.5. The molecule has 24 heteroatoms. The van der Waals surface area contributed by atoms with Crippen molar-refractivity contribution in [2.75, 3.05) is 0 Å². The number of benzene rings is 4. The summed E-state index contributed by atoms with van der Waals surface area (Å²) in [4.78, 5) is 149. The minimum Gasteiger partial charge on any atom is -0.481 e. The Kier molecular flexibility index (Phi) is 23.9. The van der Waals surface area contributed by atoms with Gasteiger partial charge in [-0.25, -0.2) is 4.79 Å². The second-order valence-corrected chi connectivity index (χ2v) is 23.8. The topological polar surface area (TPSA) is 355 Å². The number of carboxylic acids is 2. The van der Waals surface area contributed by atoms with Crippen molar-refractivity contribution in [2.24, 2.45) is 17.8 Å². The summed E-state index contributed by atoms with van der Waals surface area (Å²) in [6.07, 6.45) is 4.33. The summed E-state index contributed by atoms with van der Waals surface area (Å²) in [6, 6.07) is 17.3. The molecule has 0 aliphatic carbocycles. The van der Waals surface area contributed by atoms with Crippen molar-refractivity contribution in [1.29, 1.82) is 0 Å². The first kappa shape index (κ1) is 68.0.